The van der Waals surface area contributed by atoms with Crippen LogP contribution in [-0.4, -0.2) is 27.3 Å². The molecule has 0 bridgehead atoms. The third-order valence-corrected chi connectivity index (χ3v) is 6.21. The van der Waals surface area contributed by atoms with E-state index in [1.165, 1.54) is 48.2 Å². The second-order valence-corrected chi connectivity index (χ2v) is 8.51. The van der Waals surface area contributed by atoms with Gasteiger partial charge in [-0.05, 0) is 42.7 Å². The van der Waals surface area contributed by atoms with Gasteiger partial charge in [0, 0.05) is 47.5 Å². The van der Waals surface area contributed by atoms with Crippen molar-refractivity contribution >= 4 is 29.0 Å². The molecule has 1 heterocycles. The molecule has 0 radical (unpaired) electrons. The number of nitro groups is 1. The Morgan fingerprint density at radius 1 is 1.15 bits per heavy atom. The van der Waals surface area contributed by atoms with Gasteiger partial charge in [-0.3, -0.25) is 24.5 Å². The third kappa shape index (κ3) is 6.04. The molecular weight excluding hydrogens is 444 g/mol. The second kappa shape index (κ2) is 10.9. The largest absolute Gasteiger partial charge is 0.496 e. The molecule has 2 N–H and O–H groups in total. The van der Waals surface area contributed by atoms with Gasteiger partial charge in [0.15, 0.2) is 0 Å². The van der Waals surface area contributed by atoms with Crippen molar-refractivity contribution in [2.24, 2.45) is 0 Å². The quantitative estimate of drug-likeness (QED) is 0.261. The predicted molar refractivity (Wildman–Crippen MR) is 131 cm³/mol. The molecule has 0 aliphatic carbocycles. The number of benzene rings is 2. The SMILES string of the molecule is CCc1cc(Nc2cc(=O)n(CCSCc3cc([N+](=O)[O-])ccc3OC)c(=O)[nH]2)ccc1C. The summed E-state index contributed by atoms with van der Waals surface area (Å²) in [4.78, 5) is 38.2. The molecule has 10 heteroatoms. The first kappa shape index (κ1) is 24.1. The zero-order chi connectivity index (χ0) is 24.0. The zero-order valence-corrected chi connectivity index (χ0v) is 19.5. The van der Waals surface area contributed by atoms with E-state index < -0.39 is 16.2 Å². The fourth-order valence-corrected chi connectivity index (χ4v) is 4.32. The molecule has 33 heavy (non-hydrogen) atoms. The molecule has 0 atom stereocenters. The smallest absolute Gasteiger partial charge is 0.329 e. The number of anilines is 2. The van der Waals surface area contributed by atoms with Gasteiger partial charge in [0.1, 0.15) is 11.6 Å². The molecular formula is C23H26N4O5S. The highest BCUT2D eigenvalue weighted by Gasteiger charge is 2.12. The lowest BCUT2D eigenvalue weighted by atomic mass is 10.1. The minimum absolute atomic E-state index is 0.0122. The molecule has 0 aliphatic heterocycles. The van der Waals surface area contributed by atoms with Crippen LogP contribution in [0.1, 0.15) is 23.6 Å². The number of rotatable bonds is 10. The van der Waals surface area contributed by atoms with Crippen LogP contribution in [0.3, 0.4) is 0 Å². The Morgan fingerprint density at radius 3 is 2.61 bits per heavy atom. The van der Waals surface area contributed by atoms with Gasteiger partial charge < -0.3 is 10.1 Å². The van der Waals surface area contributed by atoms with Crippen molar-refractivity contribution in [1.29, 1.82) is 0 Å². The average Bonchev–Trinajstić information content (AvgIpc) is 2.79. The van der Waals surface area contributed by atoms with Crippen LogP contribution in [0.25, 0.3) is 0 Å². The summed E-state index contributed by atoms with van der Waals surface area (Å²) in [6.45, 7) is 4.32. The van der Waals surface area contributed by atoms with E-state index in [-0.39, 0.29) is 12.2 Å². The second-order valence-electron chi connectivity index (χ2n) is 7.40. The molecule has 0 unspecified atom stereocenters. The molecule has 0 spiro atoms. The molecule has 0 amide bonds. The number of aryl methyl sites for hydroxylation is 2. The number of non-ortho nitro benzene ring substituents is 1. The summed E-state index contributed by atoms with van der Waals surface area (Å²) in [6, 6.07) is 11.7. The molecule has 1 aromatic heterocycles. The van der Waals surface area contributed by atoms with Crippen molar-refractivity contribution < 1.29 is 9.66 Å². The lowest BCUT2D eigenvalue weighted by Gasteiger charge is -2.11. The number of thioether (sulfide) groups is 1. The maximum Gasteiger partial charge on any atom is 0.329 e. The maximum atomic E-state index is 12.5. The molecule has 0 aliphatic rings. The lowest BCUT2D eigenvalue weighted by molar-refractivity contribution is -0.384. The third-order valence-electron chi connectivity index (χ3n) is 5.22. The van der Waals surface area contributed by atoms with E-state index in [2.05, 4.69) is 17.2 Å². The van der Waals surface area contributed by atoms with Crippen LogP contribution in [0.4, 0.5) is 17.2 Å². The van der Waals surface area contributed by atoms with Crippen LogP contribution in [-0.2, 0) is 18.7 Å². The first-order valence-corrected chi connectivity index (χ1v) is 11.6. The lowest BCUT2D eigenvalue weighted by Crippen LogP contribution is -2.35. The van der Waals surface area contributed by atoms with E-state index in [0.29, 0.717) is 28.6 Å². The van der Waals surface area contributed by atoms with Crippen molar-refractivity contribution in [3.8, 4) is 5.75 Å². The summed E-state index contributed by atoms with van der Waals surface area (Å²) in [5.41, 5.74) is 2.94. The number of ether oxygens (including phenoxy) is 1. The molecule has 0 saturated carbocycles. The minimum Gasteiger partial charge on any atom is -0.496 e. The van der Waals surface area contributed by atoms with Gasteiger partial charge in [0.25, 0.3) is 11.2 Å². The standard InChI is InChI=1S/C23H26N4O5S/c1-4-16-11-18(6-5-15(16)2)24-21-13-22(28)26(23(29)25-21)9-10-33-14-17-12-19(27(30)31)7-8-20(17)32-3/h5-8,11-13,24H,4,9-10,14H2,1-3H3,(H,25,29). The van der Waals surface area contributed by atoms with E-state index >= 15 is 0 Å². The first-order chi connectivity index (χ1) is 15.8. The average molecular weight is 471 g/mol. The van der Waals surface area contributed by atoms with E-state index in [0.717, 1.165) is 16.7 Å². The fourth-order valence-electron chi connectivity index (χ4n) is 3.41. The number of H-pyrrole nitrogens is 1. The Bertz CT molecular complexity index is 1240. The normalized spacial score (nSPS) is 10.8. The van der Waals surface area contributed by atoms with Gasteiger partial charge in [-0.15, -0.1) is 0 Å². The Hall–Kier alpha value is -3.53. The number of nitrogens with zero attached hydrogens (tertiary/aromatic N) is 2. The van der Waals surface area contributed by atoms with Crippen LogP contribution < -0.4 is 21.3 Å². The van der Waals surface area contributed by atoms with Gasteiger partial charge in [-0.2, -0.15) is 11.8 Å². The number of hydrogen-bond acceptors (Lipinski definition) is 7. The Balaban J connectivity index is 1.65. The van der Waals surface area contributed by atoms with Crippen molar-refractivity contribution in [2.45, 2.75) is 32.6 Å². The molecule has 3 aromatic rings. The Morgan fingerprint density at radius 2 is 1.94 bits per heavy atom. The van der Waals surface area contributed by atoms with Gasteiger partial charge in [-0.25, -0.2) is 4.79 Å². The van der Waals surface area contributed by atoms with Crippen molar-refractivity contribution in [3.05, 3.63) is 90.1 Å². The molecule has 0 fully saturated rings. The summed E-state index contributed by atoms with van der Waals surface area (Å²) in [5.74, 6) is 1.81. The van der Waals surface area contributed by atoms with Crippen LogP contribution in [0.5, 0.6) is 5.75 Å². The topological polar surface area (TPSA) is 119 Å². The number of nitro benzene ring substituents is 1. The van der Waals surface area contributed by atoms with Crippen molar-refractivity contribution in [1.82, 2.24) is 9.55 Å². The number of hydrogen-bond donors (Lipinski definition) is 2. The predicted octanol–water partition coefficient (Wildman–Crippen LogP) is 4.00. The van der Waals surface area contributed by atoms with Gasteiger partial charge in [0.2, 0.25) is 0 Å². The summed E-state index contributed by atoms with van der Waals surface area (Å²) < 4.78 is 6.40. The maximum absolute atomic E-state index is 12.5. The van der Waals surface area contributed by atoms with Crippen LogP contribution in [0, 0.1) is 17.0 Å². The fraction of sp³-hybridized carbons (Fsp3) is 0.304. The Labute approximate surface area is 195 Å². The molecule has 2 aromatic carbocycles. The number of nitrogens with one attached hydrogen (secondary N) is 2. The highest BCUT2D eigenvalue weighted by atomic mass is 32.2. The minimum atomic E-state index is -0.499. The molecule has 0 saturated heterocycles. The molecule has 174 valence electrons. The highest BCUT2D eigenvalue weighted by Crippen LogP contribution is 2.27. The van der Waals surface area contributed by atoms with E-state index in [1.54, 1.807) is 6.07 Å². The highest BCUT2D eigenvalue weighted by molar-refractivity contribution is 7.98. The first-order valence-electron chi connectivity index (χ1n) is 10.4. The van der Waals surface area contributed by atoms with E-state index in [1.807, 2.05) is 25.1 Å². The van der Waals surface area contributed by atoms with E-state index in [9.17, 15) is 19.7 Å². The van der Waals surface area contributed by atoms with Crippen molar-refractivity contribution in [2.75, 3.05) is 18.2 Å². The van der Waals surface area contributed by atoms with E-state index in [4.69, 9.17) is 4.74 Å². The molecule has 9 nitrogen and oxygen atoms in total. The number of aromatic nitrogens is 2. The number of aromatic amines is 1. The van der Waals surface area contributed by atoms with Gasteiger partial charge in [0.05, 0.1) is 12.0 Å². The number of methoxy groups -OCH3 is 1. The molecule has 3 rings (SSSR count). The monoisotopic (exact) mass is 470 g/mol. The van der Waals surface area contributed by atoms with Gasteiger partial charge >= 0.3 is 5.69 Å². The van der Waals surface area contributed by atoms with Crippen molar-refractivity contribution in [3.63, 3.8) is 0 Å². The van der Waals surface area contributed by atoms with Crippen LogP contribution >= 0.6 is 11.8 Å². The van der Waals surface area contributed by atoms with Crippen LogP contribution in [0.15, 0.2) is 52.1 Å². The summed E-state index contributed by atoms with van der Waals surface area (Å²) in [6.07, 6.45) is 0.888. The van der Waals surface area contributed by atoms with Crippen LogP contribution in [0.2, 0.25) is 0 Å². The van der Waals surface area contributed by atoms with Gasteiger partial charge in [-0.1, -0.05) is 13.0 Å². The summed E-state index contributed by atoms with van der Waals surface area (Å²) >= 11 is 1.45. The summed E-state index contributed by atoms with van der Waals surface area (Å²) in [7, 11) is 1.50. The summed E-state index contributed by atoms with van der Waals surface area (Å²) in [5, 5.41) is 14.1. The Kier molecular flexibility index (Phi) is 7.94. The zero-order valence-electron chi connectivity index (χ0n) is 18.7.